The van der Waals surface area contributed by atoms with Gasteiger partial charge in [-0.25, -0.2) is 0 Å². The van der Waals surface area contributed by atoms with Crippen LogP contribution in [0.3, 0.4) is 0 Å². The number of aryl methyl sites for hydroxylation is 4. The number of rotatable bonds is 4. The summed E-state index contributed by atoms with van der Waals surface area (Å²) in [6.45, 7) is 8.42. The van der Waals surface area contributed by atoms with Gasteiger partial charge in [-0.15, -0.1) is 0 Å². The van der Waals surface area contributed by atoms with Crippen molar-refractivity contribution in [2.24, 2.45) is 0 Å². The van der Waals surface area contributed by atoms with E-state index in [1.807, 2.05) is 64.1 Å². The number of carbonyl (C=O) groups excluding carboxylic acids is 3. The fourth-order valence-electron chi connectivity index (χ4n) is 3.37. The Balaban J connectivity index is 1.65. The molecule has 0 atom stereocenters. The van der Waals surface area contributed by atoms with Crippen LogP contribution >= 0.6 is 0 Å². The molecule has 0 aliphatic carbocycles. The lowest BCUT2D eigenvalue weighted by molar-refractivity contribution is -0.147. The first-order chi connectivity index (χ1) is 13.2. The molecule has 1 heterocycles. The van der Waals surface area contributed by atoms with E-state index in [9.17, 15) is 14.4 Å². The lowest BCUT2D eigenvalue weighted by Crippen LogP contribution is -2.56. The van der Waals surface area contributed by atoms with Gasteiger partial charge in [0.1, 0.15) is 6.54 Å². The van der Waals surface area contributed by atoms with Crippen molar-refractivity contribution >= 4 is 29.1 Å². The first kappa shape index (κ1) is 19.6. The van der Waals surface area contributed by atoms with Crippen molar-refractivity contribution in [3.05, 3.63) is 58.7 Å². The normalized spacial score (nSPS) is 14.4. The van der Waals surface area contributed by atoms with E-state index in [1.165, 1.54) is 9.80 Å². The van der Waals surface area contributed by atoms with Gasteiger partial charge < -0.3 is 15.1 Å². The van der Waals surface area contributed by atoms with Crippen LogP contribution in [0.1, 0.15) is 22.3 Å². The topological polar surface area (TPSA) is 69.7 Å². The van der Waals surface area contributed by atoms with Crippen molar-refractivity contribution in [1.82, 2.24) is 4.90 Å². The van der Waals surface area contributed by atoms with Gasteiger partial charge >= 0.3 is 11.8 Å². The van der Waals surface area contributed by atoms with Gasteiger partial charge in [-0.3, -0.25) is 14.4 Å². The minimum absolute atomic E-state index is 0.141. The second kappa shape index (κ2) is 7.84. The van der Waals surface area contributed by atoms with E-state index in [-0.39, 0.29) is 12.5 Å². The van der Waals surface area contributed by atoms with E-state index >= 15 is 0 Å². The van der Waals surface area contributed by atoms with Crippen LogP contribution in [-0.4, -0.2) is 42.3 Å². The molecule has 6 nitrogen and oxygen atoms in total. The quantitative estimate of drug-likeness (QED) is 0.831. The predicted molar refractivity (Wildman–Crippen MR) is 109 cm³/mol. The molecule has 1 N–H and O–H groups in total. The van der Waals surface area contributed by atoms with Crippen LogP contribution in [0.15, 0.2) is 36.4 Å². The van der Waals surface area contributed by atoms with Gasteiger partial charge in [-0.05, 0) is 74.2 Å². The Morgan fingerprint density at radius 2 is 1.57 bits per heavy atom. The number of benzene rings is 2. The number of carbonyl (C=O) groups is 3. The Kier molecular flexibility index (Phi) is 5.49. The van der Waals surface area contributed by atoms with E-state index < -0.39 is 11.8 Å². The summed E-state index contributed by atoms with van der Waals surface area (Å²) in [6.07, 6.45) is 0. The van der Waals surface area contributed by atoms with Crippen LogP contribution in [0.2, 0.25) is 0 Å². The highest BCUT2D eigenvalue weighted by molar-refractivity contribution is 6.41. The van der Waals surface area contributed by atoms with E-state index in [4.69, 9.17) is 0 Å². The van der Waals surface area contributed by atoms with Crippen molar-refractivity contribution in [2.75, 3.05) is 29.9 Å². The van der Waals surface area contributed by atoms with E-state index in [1.54, 1.807) is 0 Å². The molecular weight excluding hydrogens is 354 g/mol. The standard InChI is InChI=1S/C22H25N3O3/c1-14-9-15(2)11-19(10-14)25-8-7-24(21(27)22(25)28)13-20(26)23-18-6-5-16(3)17(4)12-18/h5-6,9-12H,7-8,13H2,1-4H3,(H,23,26). The van der Waals surface area contributed by atoms with Gasteiger partial charge in [-0.2, -0.15) is 0 Å². The van der Waals surface area contributed by atoms with E-state index in [0.29, 0.717) is 18.8 Å². The lowest BCUT2D eigenvalue weighted by Gasteiger charge is -2.33. The SMILES string of the molecule is Cc1cc(C)cc(N2CCN(CC(=O)Nc3ccc(C)c(C)c3)C(=O)C2=O)c1. The molecule has 1 aliphatic heterocycles. The molecule has 3 rings (SSSR count). The van der Waals surface area contributed by atoms with E-state index in [2.05, 4.69) is 5.32 Å². The molecule has 3 amide bonds. The number of piperazine rings is 1. The molecule has 28 heavy (non-hydrogen) atoms. The molecule has 0 unspecified atom stereocenters. The highest BCUT2D eigenvalue weighted by Crippen LogP contribution is 2.21. The third-order valence-electron chi connectivity index (χ3n) is 4.95. The molecule has 1 saturated heterocycles. The van der Waals surface area contributed by atoms with Crippen LogP contribution in [0.4, 0.5) is 11.4 Å². The van der Waals surface area contributed by atoms with Crippen LogP contribution in [0.5, 0.6) is 0 Å². The second-order valence-corrected chi connectivity index (χ2v) is 7.38. The molecule has 146 valence electrons. The van der Waals surface area contributed by atoms with Crippen molar-refractivity contribution in [2.45, 2.75) is 27.7 Å². The average Bonchev–Trinajstić information content (AvgIpc) is 2.61. The summed E-state index contributed by atoms with van der Waals surface area (Å²) in [5, 5.41) is 2.79. The molecule has 2 aromatic rings. The van der Waals surface area contributed by atoms with E-state index in [0.717, 1.165) is 27.9 Å². The number of amides is 3. The predicted octanol–water partition coefficient (Wildman–Crippen LogP) is 2.73. The Hall–Kier alpha value is -3.15. The molecule has 2 aromatic carbocycles. The molecule has 0 bridgehead atoms. The van der Waals surface area contributed by atoms with Crippen LogP contribution in [0, 0.1) is 27.7 Å². The molecule has 1 fully saturated rings. The number of hydrogen-bond acceptors (Lipinski definition) is 3. The van der Waals surface area contributed by atoms with Crippen LogP contribution in [0.25, 0.3) is 0 Å². The zero-order chi connectivity index (χ0) is 20.4. The summed E-state index contributed by atoms with van der Waals surface area (Å²) in [4.78, 5) is 40.2. The minimum atomic E-state index is -0.652. The van der Waals surface area contributed by atoms with Crippen molar-refractivity contribution in [3.8, 4) is 0 Å². The van der Waals surface area contributed by atoms with Gasteiger partial charge in [0, 0.05) is 24.5 Å². The molecule has 1 aliphatic rings. The summed E-state index contributed by atoms with van der Waals surface area (Å²) in [5.74, 6) is -1.57. The molecular formula is C22H25N3O3. The first-order valence-electron chi connectivity index (χ1n) is 9.31. The fourth-order valence-corrected chi connectivity index (χ4v) is 3.37. The highest BCUT2D eigenvalue weighted by Gasteiger charge is 2.34. The zero-order valence-corrected chi connectivity index (χ0v) is 16.7. The number of nitrogens with zero attached hydrogens (tertiary/aromatic N) is 2. The van der Waals surface area contributed by atoms with Gasteiger partial charge in [0.05, 0.1) is 0 Å². The van der Waals surface area contributed by atoms with Gasteiger partial charge in [0.15, 0.2) is 0 Å². The molecule has 0 aromatic heterocycles. The number of anilines is 2. The van der Waals surface area contributed by atoms with Gasteiger partial charge in [-0.1, -0.05) is 12.1 Å². The minimum Gasteiger partial charge on any atom is -0.325 e. The van der Waals surface area contributed by atoms with Crippen molar-refractivity contribution in [1.29, 1.82) is 0 Å². The Labute approximate surface area is 165 Å². The molecule has 6 heteroatoms. The van der Waals surface area contributed by atoms with Gasteiger partial charge in [0.25, 0.3) is 0 Å². The highest BCUT2D eigenvalue weighted by atomic mass is 16.2. The average molecular weight is 379 g/mol. The zero-order valence-electron chi connectivity index (χ0n) is 16.7. The Bertz CT molecular complexity index is 932. The van der Waals surface area contributed by atoms with Crippen LogP contribution < -0.4 is 10.2 Å². The number of nitrogens with one attached hydrogen (secondary N) is 1. The smallest absolute Gasteiger partial charge is 0.316 e. The van der Waals surface area contributed by atoms with Crippen LogP contribution in [-0.2, 0) is 14.4 Å². The lowest BCUT2D eigenvalue weighted by atomic mass is 10.1. The third-order valence-corrected chi connectivity index (χ3v) is 4.95. The second-order valence-electron chi connectivity index (χ2n) is 7.38. The monoisotopic (exact) mass is 379 g/mol. The third kappa shape index (κ3) is 4.22. The maximum Gasteiger partial charge on any atom is 0.316 e. The summed E-state index contributed by atoms with van der Waals surface area (Å²) in [7, 11) is 0. The summed E-state index contributed by atoms with van der Waals surface area (Å²) in [6, 6.07) is 11.4. The summed E-state index contributed by atoms with van der Waals surface area (Å²) >= 11 is 0. The maximum atomic E-state index is 12.6. The largest absolute Gasteiger partial charge is 0.325 e. The maximum absolute atomic E-state index is 12.6. The molecule has 0 spiro atoms. The fraction of sp³-hybridized carbons (Fsp3) is 0.318. The van der Waals surface area contributed by atoms with Crippen molar-refractivity contribution < 1.29 is 14.4 Å². The number of hydrogen-bond donors (Lipinski definition) is 1. The molecule has 0 saturated carbocycles. The molecule has 0 radical (unpaired) electrons. The Morgan fingerprint density at radius 3 is 2.21 bits per heavy atom. The summed E-state index contributed by atoms with van der Waals surface area (Å²) < 4.78 is 0. The first-order valence-corrected chi connectivity index (χ1v) is 9.31. The summed E-state index contributed by atoms with van der Waals surface area (Å²) in [5.41, 5.74) is 5.68. The van der Waals surface area contributed by atoms with Crippen molar-refractivity contribution in [3.63, 3.8) is 0 Å². The van der Waals surface area contributed by atoms with Gasteiger partial charge in [0.2, 0.25) is 5.91 Å². The Morgan fingerprint density at radius 1 is 0.893 bits per heavy atom.